The molecule has 0 heterocycles. The molecule has 0 amide bonds. The van der Waals surface area contributed by atoms with Crippen LogP contribution in [0, 0.1) is 0 Å². The third kappa shape index (κ3) is 3.73. The van der Waals surface area contributed by atoms with Crippen molar-refractivity contribution < 1.29 is 4.74 Å². The van der Waals surface area contributed by atoms with Crippen LogP contribution in [0.3, 0.4) is 0 Å². The van der Waals surface area contributed by atoms with Gasteiger partial charge in [0, 0.05) is 6.04 Å². The van der Waals surface area contributed by atoms with Crippen molar-refractivity contribution in [3.05, 3.63) is 64.7 Å². The molecule has 0 aromatic heterocycles. The van der Waals surface area contributed by atoms with Gasteiger partial charge in [-0.3, -0.25) is 11.3 Å². The van der Waals surface area contributed by atoms with Gasteiger partial charge in [-0.05, 0) is 36.1 Å². The van der Waals surface area contributed by atoms with Crippen LogP contribution >= 0.6 is 11.6 Å². The number of nitrogens with one attached hydrogen (secondary N) is 1. The Kier molecular flexibility index (Phi) is 5.41. The Bertz CT molecular complexity index is 545. The number of nitrogens with two attached hydrogens (primary N) is 1. The Morgan fingerprint density at radius 3 is 2.60 bits per heavy atom. The van der Waals surface area contributed by atoms with Crippen molar-refractivity contribution >= 4 is 11.6 Å². The van der Waals surface area contributed by atoms with Gasteiger partial charge in [0.1, 0.15) is 5.75 Å². The first kappa shape index (κ1) is 14.9. The van der Waals surface area contributed by atoms with E-state index < -0.39 is 0 Å². The van der Waals surface area contributed by atoms with Crippen LogP contribution in [0.25, 0.3) is 0 Å². The Labute approximate surface area is 124 Å². The fraction of sp³-hybridized carbons (Fsp3) is 0.250. The molecule has 4 heteroatoms. The van der Waals surface area contributed by atoms with Crippen molar-refractivity contribution in [2.45, 2.75) is 18.9 Å². The third-order valence-corrected chi connectivity index (χ3v) is 3.66. The highest BCUT2D eigenvalue weighted by Crippen LogP contribution is 2.29. The topological polar surface area (TPSA) is 47.3 Å². The smallest absolute Gasteiger partial charge is 0.137 e. The van der Waals surface area contributed by atoms with Crippen molar-refractivity contribution in [2.24, 2.45) is 5.84 Å². The molecule has 0 saturated carbocycles. The van der Waals surface area contributed by atoms with Gasteiger partial charge in [0.15, 0.2) is 0 Å². The molecule has 0 radical (unpaired) electrons. The van der Waals surface area contributed by atoms with E-state index >= 15 is 0 Å². The van der Waals surface area contributed by atoms with Crippen molar-refractivity contribution in [1.82, 2.24) is 5.43 Å². The molecule has 1 unspecified atom stereocenters. The zero-order chi connectivity index (χ0) is 14.4. The second kappa shape index (κ2) is 7.29. The van der Waals surface area contributed by atoms with Crippen LogP contribution in [0.15, 0.2) is 48.5 Å². The van der Waals surface area contributed by atoms with Crippen LogP contribution < -0.4 is 16.0 Å². The summed E-state index contributed by atoms with van der Waals surface area (Å²) in [6.45, 7) is 0. The number of hydrogen-bond acceptors (Lipinski definition) is 3. The maximum atomic E-state index is 6.04. The van der Waals surface area contributed by atoms with Gasteiger partial charge in [-0.25, -0.2) is 0 Å². The highest BCUT2D eigenvalue weighted by molar-refractivity contribution is 6.32. The summed E-state index contributed by atoms with van der Waals surface area (Å²) in [5.74, 6) is 6.35. The summed E-state index contributed by atoms with van der Waals surface area (Å²) in [5, 5.41) is 0.607. The average Bonchev–Trinajstić information content (AvgIpc) is 2.50. The minimum absolute atomic E-state index is 0.0707. The summed E-state index contributed by atoms with van der Waals surface area (Å²) in [5.41, 5.74) is 5.23. The number of aryl methyl sites for hydroxylation is 1. The molecule has 0 spiro atoms. The lowest BCUT2D eigenvalue weighted by Gasteiger charge is -2.17. The van der Waals surface area contributed by atoms with Gasteiger partial charge in [0.2, 0.25) is 0 Å². The first-order valence-electron chi connectivity index (χ1n) is 6.58. The molecule has 106 valence electrons. The van der Waals surface area contributed by atoms with Gasteiger partial charge in [0.25, 0.3) is 0 Å². The summed E-state index contributed by atoms with van der Waals surface area (Å²) >= 11 is 6.04. The van der Waals surface area contributed by atoms with Crippen LogP contribution in [0.5, 0.6) is 5.75 Å². The molecule has 0 fully saturated rings. The molecule has 0 aliphatic carbocycles. The van der Waals surface area contributed by atoms with E-state index in [9.17, 15) is 0 Å². The van der Waals surface area contributed by atoms with Gasteiger partial charge < -0.3 is 4.74 Å². The third-order valence-electron chi connectivity index (χ3n) is 3.34. The molecule has 2 aromatic rings. The molecule has 3 N–H and O–H groups in total. The molecule has 0 saturated heterocycles. The maximum Gasteiger partial charge on any atom is 0.137 e. The largest absolute Gasteiger partial charge is 0.495 e. The van der Waals surface area contributed by atoms with E-state index in [0.29, 0.717) is 10.8 Å². The van der Waals surface area contributed by atoms with Gasteiger partial charge in [0.05, 0.1) is 12.1 Å². The summed E-state index contributed by atoms with van der Waals surface area (Å²) < 4.78 is 5.24. The van der Waals surface area contributed by atoms with Gasteiger partial charge in [-0.15, -0.1) is 0 Å². The van der Waals surface area contributed by atoms with E-state index in [0.717, 1.165) is 18.4 Å². The first-order valence-corrected chi connectivity index (χ1v) is 6.96. The zero-order valence-electron chi connectivity index (χ0n) is 11.5. The molecule has 2 aromatic carbocycles. The number of methoxy groups -OCH3 is 1. The normalized spacial score (nSPS) is 12.2. The van der Waals surface area contributed by atoms with Crippen molar-refractivity contribution in [3.63, 3.8) is 0 Å². The molecule has 1 atom stereocenters. The molecule has 0 aliphatic heterocycles. The Morgan fingerprint density at radius 1 is 1.20 bits per heavy atom. The molecule has 2 rings (SSSR count). The Morgan fingerprint density at radius 2 is 1.95 bits per heavy atom. The molecule has 0 bridgehead atoms. The number of hydrazine groups is 1. The van der Waals surface area contributed by atoms with E-state index in [2.05, 4.69) is 17.6 Å². The second-order valence-electron chi connectivity index (χ2n) is 4.64. The Balaban J connectivity index is 2.08. The van der Waals surface area contributed by atoms with Gasteiger partial charge in [-0.2, -0.15) is 0 Å². The molecule has 3 nitrogen and oxygen atoms in total. The fourth-order valence-electron chi connectivity index (χ4n) is 2.20. The monoisotopic (exact) mass is 290 g/mol. The SMILES string of the molecule is COc1cc(C(CCc2ccccc2)NN)ccc1Cl. The van der Waals surface area contributed by atoms with Crippen LogP contribution in [0.1, 0.15) is 23.6 Å². The lowest BCUT2D eigenvalue weighted by molar-refractivity contribution is 0.412. The maximum absolute atomic E-state index is 6.04. The molecule has 20 heavy (non-hydrogen) atoms. The fourth-order valence-corrected chi connectivity index (χ4v) is 2.39. The van der Waals surface area contributed by atoms with E-state index in [4.69, 9.17) is 22.2 Å². The van der Waals surface area contributed by atoms with E-state index in [-0.39, 0.29) is 6.04 Å². The van der Waals surface area contributed by atoms with E-state index in [1.807, 2.05) is 36.4 Å². The predicted molar refractivity (Wildman–Crippen MR) is 82.8 cm³/mol. The summed E-state index contributed by atoms with van der Waals surface area (Å²) in [6.07, 6.45) is 1.87. The molecular formula is C16H19ClN2O. The van der Waals surface area contributed by atoms with Crippen LogP contribution in [-0.2, 0) is 6.42 Å². The lowest BCUT2D eigenvalue weighted by Crippen LogP contribution is -2.28. The highest BCUT2D eigenvalue weighted by atomic mass is 35.5. The standard InChI is InChI=1S/C16H19ClN2O/c1-20-16-11-13(8-9-14(16)17)15(19-18)10-7-12-5-3-2-4-6-12/h2-6,8-9,11,15,19H,7,10,18H2,1H3. The summed E-state index contributed by atoms with van der Waals surface area (Å²) in [7, 11) is 1.61. The number of ether oxygens (including phenoxy) is 1. The van der Waals surface area contributed by atoms with Crippen molar-refractivity contribution in [2.75, 3.05) is 7.11 Å². The van der Waals surface area contributed by atoms with Crippen LogP contribution in [0.2, 0.25) is 5.02 Å². The van der Waals surface area contributed by atoms with E-state index in [1.165, 1.54) is 5.56 Å². The van der Waals surface area contributed by atoms with Gasteiger partial charge in [-0.1, -0.05) is 48.0 Å². The summed E-state index contributed by atoms with van der Waals surface area (Å²) in [4.78, 5) is 0. The molecule has 0 aliphatic rings. The van der Waals surface area contributed by atoms with Gasteiger partial charge >= 0.3 is 0 Å². The predicted octanol–water partition coefficient (Wildman–Crippen LogP) is 3.49. The lowest BCUT2D eigenvalue weighted by atomic mass is 9.99. The summed E-state index contributed by atoms with van der Waals surface area (Å²) in [6, 6.07) is 16.2. The molecular weight excluding hydrogens is 272 g/mol. The van der Waals surface area contributed by atoms with Crippen molar-refractivity contribution in [1.29, 1.82) is 0 Å². The zero-order valence-corrected chi connectivity index (χ0v) is 12.2. The number of halogens is 1. The second-order valence-corrected chi connectivity index (χ2v) is 5.04. The van der Waals surface area contributed by atoms with Crippen LogP contribution in [-0.4, -0.2) is 7.11 Å². The van der Waals surface area contributed by atoms with E-state index in [1.54, 1.807) is 7.11 Å². The average molecular weight is 291 g/mol. The minimum Gasteiger partial charge on any atom is -0.495 e. The highest BCUT2D eigenvalue weighted by Gasteiger charge is 2.12. The first-order chi connectivity index (χ1) is 9.74. The van der Waals surface area contributed by atoms with Crippen LogP contribution in [0.4, 0.5) is 0 Å². The number of hydrogen-bond donors (Lipinski definition) is 2. The minimum atomic E-state index is 0.0707. The number of benzene rings is 2. The Hall–Kier alpha value is -1.55. The van der Waals surface area contributed by atoms with Crippen molar-refractivity contribution in [3.8, 4) is 5.75 Å². The quantitative estimate of drug-likeness (QED) is 0.632. The number of rotatable bonds is 6.